The third-order valence-electron chi connectivity index (χ3n) is 7.95. The van der Waals surface area contributed by atoms with Crippen molar-refractivity contribution in [1.82, 2.24) is 4.90 Å². The van der Waals surface area contributed by atoms with Gasteiger partial charge in [-0.2, -0.15) is 0 Å². The highest BCUT2D eigenvalue weighted by molar-refractivity contribution is 6.02. The number of fused-ring (bicyclic) bond motifs is 2. The predicted molar refractivity (Wildman–Crippen MR) is 103 cm³/mol. The number of para-hydroxylation sites is 1. The second-order valence-corrected chi connectivity index (χ2v) is 8.88. The Morgan fingerprint density at radius 1 is 1.04 bits per heavy atom. The Labute approximate surface area is 155 Å². The number of nitrogens with zero attached hydrogens (tertiary/aromatic N) is 3. The number of oxime groups is 1. The molecule has 5 nitrogen and oxygen atoms in total. The van der Waals surface area contributed by atoms with Crippen molar-refractivity contribution < 1.29 is 10.0 Å². The molecule has 3 fully saturated rings. The number of carbonyl (C=O) groups is 1. The van der Waals surface area contributed by atoms with E-state index in [0.717, 1.165) is 44.7 Å². The SMILES string of the molecule is CC12CCC(C(=O)N3CCN(c4ccccc4)CC3)(C/C1=N\O)C2(C)C. The summed E-state index contributed by atoms with van der Waals surface area (Å²) in [6, 6.07) is 10.4. The van der Waals surface area contributed by atoms with Crippen molar-refractivity contribution in [2.75, 3.05) is 31.1 Å². The van der Waals surface area contributed by atoms with Crippen LogP contribution in [0.3, 0.4) is 0 Å². The van der Waals surface area contributed by atoms with Crippen molar-refractivity contribution in [3.05, 3.63) is 30.3 Å². The lowest BCUT2D eigenvalue weighted by molar-refractivity contribution is -0.147. The highest BCUT2D eigenvalue weighted by atomic mass is 16.4. The maximum atomic E-state index is 13.6. The topological polar surface area (TPSA) is 56.1 Å². The minimum Gasteiger partial charge on any atom is -0.411 e. The molecule has 2 aliphatic carbocycles. The van der Waals surface area contributed by atoms with Gasteiger partial charge < -0.3 is 15.0 Å². The molecule has 2 saturated carbocycles. The molecule has 1 amide bonds. The largest absolute Gasteiger partial charge is 0.411 e. The molecule has 5 heteroatoms. The fraction of sp³-hybridized carbons (Fsp3) is 0.619. The first kappa shape index (κ1) is 17.4. The third kappa shape index (κ3) is 2.09. The Morgan fingerprint density at radius 2 is 1.69 bits per heavy atom. The number of anilines is 1. The van der Waals surface area contributed by atoms with Crippen LogP contribution in [0.5, 0.6) is 0 Å². The molecule has 2 unspecified atom stereocenters. The highest BCUT2D eigenvalue weighted by Crippen LogP contribution is 2.71. The van der Waals surface area contributed by atoms with Crippen LogP contribution in [0, 0.1) is 16.2 Å². The van der Waals surface area contributed by atoms with E-state index < -0.39 is 5.41 Å². The van der Waals surface area contributed by atoms with E-state index in [1.165, 1.54) is 5.69 Å². The summed E-state index contributed by atoms with van der Waals surface area (Å²) < 4.78 is 0. The fourth-order valence-corrected chi connectivity index (χ4v) is 5.62. The summed E-state index contributed by atoms with van der Waals surface area (Å²) in [5.41, 5.74) is 1.25. The average Bonchev–Trinajstić information content (AvgIpc) is 2.98. The summed E-state index contributed by atoms with van der Waals surface area (Å²) in [5.74, 6) is 0.262. The van der Waals surface area contributed by atoms with Gasteiger partial charge in [-0.3, -0.25) is 4.79 Å². The van der Waals surface area contributed by atoms with Gasteiger partial charge in [0, 0.05) is 43.7 Å². The van der Waals surface area contributed by atoms with E-state index in [-0.39, 0.29) is 16.7 Å². The van der Waals surface area contributed by atoms with E-state index in [4.69, 9.17) is 0 Å². The van der Waals surface area contributed by atoms with Crippen molar-refractivity contribution in [2.45, 2.75) is 40.0 Å². The van der Waals surface area contributed by atoms with Gasteiger partial charge in [0.05, 0.1) is 11.1 Å². The molecule has 1 aromatic carbocycles. The first-order valence-electron chi connectivity index (χ1n) is 9.66. The van der Waals surface area contributed by atoms with Gasteiger partial charge in [0.25, 0.3) is 0 Å². The quantitative estimate of drug-likeness (QED) is 0.654. The van der Waals surface area contributed by atoms with E-state index in [2.05, 4.69) is 55.1 Å². The van der Waals surface area contributed by atoms with Crippen molar-refractivity contribution in [2.24, 2.45) is 21.4 Å². The number of rotatable bonds is 2. The number of piperazine rings is 1. The van der Waals surface area contributed by atoms with Gasteiger partial charge in [0.15, 0.2) is 0 Å². The zero-order valence-corrected chi connectivity index (χ0v) is 16.0. The first-order chi connectivity index (χ1) is 12.4. The van der Waals surface area contributed by atoms with Gasteiger partial charge in [-0.1, -0.05) is 44.1 Å². The molecule has 26 heavy (non-hydrogen) atoms. The van der Waals surface area contributed by atoms with Crippen LogP contribution in [0.1, 0.15) is 40.0 Å². The Hall–Kier alpha value is -2.04. The van der Waals surface area contributed by atoms with Crippen LogP contribution in [-0.4, -0.2) is 47.9 Å². The number of carbonyl (C=O) groups excluding carboxylic acids is 1. The van der Waals surface area contributed by atoms with Crippen molar-refractivity contribution >= 4 is 17.3 Å². The van der Waals surface area contributed by atoms with Gasteiger partial charge in [0.1, 0.15) is 0 Å². The van der Waals surface area contributed by atoms with Gasteiger partial charge in [0.2, 0.25) is 5.91 Å². The molecule has 0 radical (unpaired) electrons. The van der Waals surface area contributed by atoms with Gasteiger partial charge in [-0.15, -0.1) is 0 Å². The Bertz CT molecular complexity index is 737. The van der Waals surface area contributed by atoms with Crippen LogP contribution in [0.15, 0.2) is 35.5 Å². The molecule has 1 aliphatic heterocycles. The summed E-state index contributed by atoms with van der Waals surface area (Å²) in [6.07, 6.45) is 2.42. The molecule has 0 spiro atoms. The van der Waals surface area contributed by atoms with Gasteiger partial charge in [-0.25, -0.2) is 0 Å². The fourth-order valence-electron chi connectivity index (χ4n) is 5.62. The number of benzene rings is 1. The summed E-state index contributed by atoms with van der Waals surface area (Å²) in [6.45, 7) is 9.79. The molecule has 1 N–H and O–H groups in total. The zero-order valence-electron chi connectivity index (χ0n) is 16.0. The Balaban J connectivity index is 1.53. The summed E-state index contributed by atoms with van der Waals surface area (Å²) in [4.78, 5) is 18.0. The minimum absolute atomic E-state index is 0.177. The van der Waals surface area contributed by atoms with Gasteiger partial charge in [-0.05, 0) is 30.4 Å². The summed E-state index contributed by atoms with van der Waals surface area (Å²) >= 11 is 0. The zero-order chi connectivity index (χ0) is 18.6. The second kappa shape index (κ2) is 5.73. The lowest BCUT2D eigenvalue weighted by atomic mass is 9.64. The van der Waals surface area contributed by atoms with Crippen LogP contribution >= 0.6 is 0 Å². The normalized spacial score (nSPS) is 34.5. The van der Waals surface area contributed by atoms with Gasteiger partial charge >= 0.3 is 0 Å². The molecular weight excluding hydrogens is 326 g/mol. The number of hydrogen-bond acceptors (Lipinski definition) is 4. The van der Waals surface area contributed by atoms with E-state index in [9.17, 15) is 10.0 Å². The van der Waals surface area contributed by atoms with Crippen LogP contribution in [0.4, 0.5) is 5.69 Å². The van der Waals surface area contributed by atoms with E-state index in [1.807, 2.05) is 11.0 Å². The molecular formula is C21H29N3O2. The Morgan fingerprint density at radius 3 is 2.27 bits per heavy atom. The van der Waals surface area contributed by atoms with Crippen LogP contribution in [0.2, 0.25) is 0 Å². The monoisotopic (exact) mass is 355 g/mol. The predicted octanol–water partition coefficient (Wildman–Crippen LogP) is 3.38. The lowest BCUT2D eigenvalue weighted by Crippen LogP contribution is -2.55. The maximum Gasteiger partial charge on any atom is 0.229 e. The molecule has 2 bridgehead atoms. The molecule has 3 aliphatic rings. The first-order valence-corrected chi connectivity index (χ1v) is 9.66. The minimum atomic E-state index is -0.418. The molecule has 1 saturated heterocycles. The average molecular weight is 355 g/mol. The highest BCUT2D eigenvalue weighted by Gasteiger charge is 2.72. The van der Waals surface area contributed by atoms with E-state index >= 15 is 0 Å². The molecule has 4 rings (SSSR count). The standard InChI is InChI=1S/C21H29N3O2/c1-19(2)20(3)9-10-21(19,15-17(20)22-26)18(25)24-13-11-23(12-14-24)16-7-5-4-6-8-16/h4-8,26H,9-15H2,1-3H3/b22-17+. The molecule has 2 atom stereocenters. The molecule has 0 aromatic heterocycles. The number of amides is 1. The molecule has 140 valence electrons. The molecule has 1 heterocycles. The van der Waals surface area contributed by atoms with Crippen LogP contribution < -0.4 is 4.90 Å². The van der Waals surface area contributed by atoms with E-state index in [1.54, 1.807) is 0 Å². The van der Waals surface area contributed by atoms with E-state index in [0.29, 0.717) is 6.42 Å². The second-order valence-electron chi connectivity index (χ2n) is 8.88. The smallest absolute Gasteiger partial charge is 0.229 e. The maximum absolute atomic E-state index is 13.6. The van der Waals surface area contributed by atoms with Crippen molar-refractivity contribution in [3.63, 3.8) is 0 Å². The molecule has 1 aromatic rings. The van der Waals surface area contributed by atoms with Crippen LogP contribution in [0.25, 0.3) is 0 Å². The summed E-state index contributed by atoms with van der Waals surface area (Å²) in [7, 11) is 0. The lowest BCUT2D eigenvalue weighted by Gasteiger charge is -2.44. The Kier molecular flexibility index (Phi) is 3.83. The third-order valence-corrected chi connectivity index (χ3v) is 7.95. The van der Waals surface area contributed by atoms with Crippen molar-refractivity contribution in [3.8, 4) is 0 Å². The number of hydrogen-bond donors (Lipinski definition) is 1. The van der Waals surface area contributed by atoms with Crippen LogP contribution in [-0.2, 0) is 4.79 Å². The van der Waals surface area contributed by atoms with Crippen molar-refractivity contribution in [1.29, 1.82) is 0 Å². The summed E-state index contributed by atoms with van der Waals surface area (Å²) in [5, 5.41) is 13.1.